The SMILES string of the molecule is COc1ccc2c(c1-c1ccc(S(=O)(=O)NCC(F)F)cc1)-c1ccsc1C(=O)[NH2+]2. The number of hydrogen-bond acceptors (Lipinski definition) is 5. The van der Waals surface area contributed by atoms with Crippen molar-refractivity contribution in [1.82, 2.24) is 4.72 Å². The molecule has 1 aliphatic heterocycles. The third kappa shape index (κ3) is 3.63. The quantitative estimate of drug-likeness (QED) is 0.564. The number of benzene rings is 2. The zero-order valence-electron chi connectivity index (χ0n) is 15.7. The number of ether oxygens (including phenoxy) is 1. The lowest BCUT2D eigenvalue weighted by Gasteiger charge is -2.19. The number of nitrogens with one attached hydrogen (secondary N) is 1. The first-order chi connectivity index (χ1) is 14.3. The van der Waals surface area contributed by atoms with E-state index in [1.54, 1.807) is 23.5 Å². The van der Waals surface area contributed by atoms with Crippen molar-refractivity contribution in [3.05, 3.63) is 52.7 Å². The molecule has 0 fully saturated rings. The number of halogens is 2. The number of amides is 1. The van der Waals surface area contributed by atoms with Crippen molar-refractivity contribution in [1.29, 1.82) is 0 Å². The molecule has 0 aliphatic carbocycles. The number of hydrogen-bond donors (Lipinski definition) is 2. The molecule has 1 aromatic heterocycles. The van der Waals surface area contributed by atoms with Crippen LogP contribution in [0.5, 0.6) is 5.75 Å². The Morgan fingerprint density at radius 1 is 1.10 bits per heavy atom. The second-order valence-electron chi connectivity index (χ2n) is 6.55. The van der Waals surface area contributed by atoms with E-state index in [4.69, 9.17) is 4.74 Å². The van der Waals surface area contributed by atoms with Gasteiger partial charge in [0.05, 0.1) is 24.1 Å². The van der Waals surface area contributed by atoms with Crippen molar-refractivity contribution in [3.8, 4) is 28.0 Å². The molecule has 30 heavy (non-hydrogen) atoms. The van der Waals surface area contributed by atoms with Crippen molar-refractivity contribution >= 4 is 33.0 Å². The van der Waals surface area contributed by atoms with Crippen LogP contribution < -0.4 is 14.8 Å². The van der Waals surface area contributed by atoms with E-state index in [1.807, 2.05) is 22.2 Å². The van der Waals surface area contributed by atoms with Gasteiger partial charge in [-0.2, -0.15) is 0 Å². The lowest BCUT2D eigenvalue weighted by Crippen LogP contribution is -2.83. The molecule has 1 amide bonds. The summed E-state index contributed by atoms with van der Waals surface area (Å²) in [6.07, 6.45) is -2.78. The number of fused-ring (bicyclic) bond motifs is 3. The smallest absolute Gasteiger partial charge is 0.358 e. The van der Waals surface area contributed by atoms with Crippen LogP contribution in [0, 0.1) is 0 Å². The normalized spacial score (nSPS) is 13.3. The van der Waals surface area contributed by atoms with E-state index >= 15 is 0 Å². The van der Waals surface area contributed by atoms with Crippen LogP contribution >= 0.6 is 11.3 Å². The minimum absolute atomic E-state index is 0.0600. The summed E-state index contributed by atoms with van der Waals surface area (Å²) in [4.78, 5) is 12.9. The van der Waals surface area contributed by atoms with Gasteiger partial charge in [0, 0.05) is 17.2 Å². The first kappa shape index (κ1) is 20.6. The van der Waals surface area contributed by atoms with E-state index in [0.717, 1.165) is 22.4 Å². The maximum absolute atomic E-state index is 12.4. The molecular weight excluding hydrogens is 434 g/mol. The maximum atomic E-state index is 12.4. The standard InChI is InChI=1S/C20H16F2N2O4S2/c1-28-15-7-6-14-18(13-8-9-29-19(13)20(25)24-14)17(15)11-2-4-12(5-3-11)30(26,27)23-10-16(21)22/h2-9,16,23H,10H2,1H3,(H,24,25)/p+1. The zero-order valence-corrected chi connectivity index (χ0v) is 17.3. The van der Waals surface area contributed by atoms with Gasteiger partial charge in [0.25, 0.3) is 6.43 Å². The van der Waals surface area contributed by atoms with Gasteiger partial charge in [-0.25, -0.2) is 32.0 Å². The van der Waals surface area contributed by atoms with E-state index in [1.165, 1.54) is 30.6 Å². The highest BCUT2D eigenvalue weighted by molar-refractivity contribution is 7.89. The minimum atomic E-state index is -4.04. The number of nitrogens with two attached hydrogens (primary N) is 1. The number of methoxy groups -OCH3 is 1. The number of sulfonamides is 1. The molecule has 1 aliphatic rings. The van der Waals surface area contributed by atoms with E-state index in [2.05, 4.69) is 0 Å². The lowest BCUT2D eigenvalue weighted by molar-refractivity contribution is -0.463. The highest BCUT2D eigenvalue weighted by Crippen LogP contribution is 2.46. The Balaban J connectivity index is 1.81. The molecule has 0 saturated heterocycles. The van der Waals surface area contributed by atoms with Gasteiger partial charge in [0.1, 0.15) is 16.3 Å². The molecule has 10 heteroatoms. The first-order valence-corrected chi connectivity index (χ1v) is 11.2. The largest absolute Gasteiger partial charge is 0.496 e. The van der Waals surface area contributed by atoms with Gasteiger partial charge in [-0.3, -0.25) is 0 Å². The molecule has 0 radical (unpaired) electrons. The third-order valence-electron chi connectivity index (χ3n) is 4.75. The van der Waals surface area contributed by atoms with Crippen LogP contribution in [0.25, 0.3) is 22.3 Å². The van der Waals surface area contributed by atoms with Gasteiger partial charge < -0.3 is 4.74 Å². The van der Waals surface area contributed by atoms with E-state index in [-0.39, 0.29) is 10.8 Å². The van der Waals surface area contributed by atoms with E-state index < -0.39 is 23.0 Å². The van der Waals surface area contributed by atoms with E-state index in [0.29, 0.717) is 16.2 Å². The molecule has 2 heterocycles. The predicted octanol–water partition coefficient (Wildman–Crippen LogP) is 2.98. The molecule has 6 nitrogen and oxygen atoms in total. The summed E-state index contributed by atoms with van der Waals surface area (Å²) < 4.78 is 56.5. The monoisotopic (exact) mass is 451 g/mol. The molecule has 0 spiro atoms. The number of alkyl halides is 2. The van der Waals surface area contributed by atoms with Crippen molar-refractivity contribution in [3.63, 3.8) is 0 Å². The molecule has 0 saturated carbocycles. The fraction of sp³-hybridized carbons (Fsp3) is 0.150. The van der Waals surface area contributed by atoms with Gasteiger partial charge in [0.15, 0.2) is 0 Å². The average molecular weight is 451 g/mol. The molecule has 3 aromatic rings. The second-order valence-corrected chi connectivity index (χ2v) is 9.23. The van der Waals surface area contributed by atoms with Crippen molar-refractivity contribution in [2.45, 2.75) is 11.3 Å². The average Bonchev–Trinajstić information content (AvgIpc) is 3.22. The fourth-order valence-electron chi connectivity index (χ4n) is 3.43. The van der Waals surface area contributed by atoms with Crippen molar-refractivity contribution in [2.24, 2.45) is 0 Å². The minimum Gasteiger partial charge on any atom is -0.496 e. The number of rotatable bonds is 6. The van der Waals surface area contributed by atoms with Gasteiger partial charge in [-0.1, -0.05) is 12.1 Å². The van der Waals surface area contributed by atoms with Crippen molar-refractivity contribution < 1.29 is 32.0 Å². The number of carbonyl (C=O) groups excluding carboxylic acids is 1. The molecule has 0 unspecified atom stereocenters. The summed E-state index contributed by atoms with van der Waals surface area (Å²) in [5.74, 6) is 0.509. The molecule has 0 atom stereocenters. The molecular formula is C20H17F2N2O4S2+. The number of thiophene rings is 1. The summed E-state index contributed by atoms with van der Waals surface area (Å²) in [7, 11) is -2.51. The van der Waals surface area contributed by atoms with Crippen LogP contribution in [-0.2, 0) is 10.0 Å². The van der Waals surface area contributed by atoms with Gasteiger partial charge in [-0.05, 0) is 35.2 Å². The van der Waals surface area contributed by atoms with Crippen LogP contribution in [0.3, 0.4) is 0 Å². The van der Waals surface area contributed by atoms with Crippen LogP contribution in [-0.4, -0.2) is 34.4 Å². The summed E-state index contributed by atoms with van der Waals surface area (Å²) in [6, 6.07) is 11.3. The number of carbonyl (C=O) groups is 1. The maximum Gasteiger partial charge on any atom is 0.358 e. The van der Waals surface area contributed by atoms with Gasteiger partial charge in [-0.15, -0.1) is 11.3 Å². The molecule has 156 valence electrons. The Kier molecular flexibility index (Phi) is 5.41. The van der Waals surface area contributed by atoms with Gasteiger partial charge in [0.2, 0.25) is 10.0 Å². The van der Waals surface area contributed by atoms with Crippen LogP contribution in [0.4, 0.5) is 14.5 Å². The topological polar surface area (TPSA) is 89.1 Å². The molecule has 3 N–H and O–H groups in total. The van der Waals surface area contributed by atoms with E-state index in [9.17, 15) is 22.0 Å². The Hall–Kier alpha value is -2.66. The Labute approximate surface area is 175 Å². The fourth-order valence-corrected chi connectivity index (χ4v) is 5.25. The summed E-state index contributed by atoms with van der Waals surface area (Å²) in [6.45, 7) is -0.950. The highest BCUT2D eigenvalue weighted by Gasteiger charge is 2.32. The molecule has 0 bridgehead atoms. The van der Waals surface area contributed by atoms with Crippen LogP contribution in [0.1, 0.15) is 9.67 Å². The van der Waals surface area contributed by atoms with Crippen LogP contribution in [0.2, 0.25) is 0 Å². The Bertz CT molecular complexity index is 1220. The zero-order chi connectivity index (χ0) is 21.5. The van der Waals surface area contributed by atoms with Crippen LogP contribution in [0.15, 0.2) is 52.7 Å². The summed E-state index contributed by atoms with van der Waals surface area (Å²) in [5, 5.41) is 3.42. The second kappa shape index (κ2) is 7.88. The lowest BCUT2D eigenvalue weighted by atomic mass is 9.90. The molecule has 4 rings (SSSR count). The Morgan fingerprint density at radius 3 is 2.50 bits per heavy atom. The first-order valence-electron chi connectivity index (χ1n) is 8.88. The number of primary amides is 1. The third-order valence-corrected chi connectivity index (χ3v) is 7.11. The highest BCUT2D eigenvalue weighted by atomic mass is 32.2. The van der Waals surface area contributed by atoms with Crippen molar-refractivity contribution in [2.75, 3.05) is 13.7 Å². The Morgan fingerprint density at radius 2 is 1.83 bits per heavy atom. The van der Waals surface area contributed by atoms with Gasteiger partial charge >= 0.3 is 5.91 Å². The molecule has 2 aromatic carbocycles. The summed E-state index contributed by atoms with van der Waals surface area (Å²) in [5.41, 5.74) is 3.78. The summed E-state index contributed by atoms with van der Waals surface area (Å²) >= 11 is 1.36. The predicted molar refractivity (Wildman–Crippen MR) is 109 cm³/mol. The number of quaternary nitrogens is 1.